The molecular weight excluding hydrogens is 571 g/mol. The lowest BCUT2D eigenvalue weighted by Gasteiger charge is -2.11. The molecule has 184 valence electrons. The average Bonchev–Trinajstić information content (AvgIpc) is 3.11. The number of aromatic nitrogens is 1. The number of amides is 2. The van der Waals surface area contributed by atoms with Crippen molar-refractivity contribution in [3.05, 3.63) is 92.8 Å². The molecule has 1 aromatic heterocycles. The van der Waals surface area contributed by atoms with E-state index >= 15 is 0 Å². The van der Waals surface area contributed by atoms with E-state index in [1.165, 1.54) is 18.2 Å². The standard InChI is InChI=1S/C25H15Cl5FN3O2/c26-12-5-11(6-13(27)7-12)21-22(25(21,29)30)24(36)33-14-1-2-18(28)17(8-14)23(35)34-15-9-19(31)16-3-4-32-20(16)10-15/h1-10,21-22,32H,(H,33,36)(H,34,35). The summed E-state index contributed by atoms with van der Waals surface area (Å²) in [7, 11) is 0. The van der Waals surface area contributed by atoms with Crippen molar-refractivity contribution in [2.24, 2.45) is 5.92 Å². The number of H-pyrrole nitrogens is 1. The number of rotatable bonds is 5. The van der Waals surface area contributed by atoms with Gasteiger partial charge in [-0.15, -0.1) is 23.2 Å². The Morgan fingerprint density at radius 2 is 1.61 bits per heavy atom. The fourth-order valence-corrected chi connectivity index (χ4v) is 5.79. The summed E-state index contributed by atoms with van der Waals surface area (Å²) in [5, 5.41) is 6.71. The second-order valence-electron chi connectivity index (χ2n) is 8.37. The Balaban J connectivity index is 1.34. The Bertz CT molecular complexity index is 1520. The lowest BCUT2D eigenvalue weighted by Crippen LogP contribution is -2.18. The summed E-state index contributed by atoms with van der Waals surface area (Å²) in [5.74, 6) is -2.82. The minimum atomic E-state index is -1.36. The van der Waals surface area contributed by atoms with Crippen LogP contribution in [0.5, 0.6) is 0 Å². The average molecular weight is 586 g/mol. The van der Waals surface area contributed by atoms with Crippen LogP contribution in [0.1, 0.15) is 21.8 Å². The summed E-state index contributed by atoms with van der Waals surface area (Å²) in [6.07, 6.45) is 1.60. The van der Waals surface area contributed by atoms with Crippen molar-refractivity contribution in [2.45, 2.75) is 10.3 Å². The van der Waals surface area contributed by atoms with E-state index in [-0.39, 0.29) is 16.3 Å². The maximum absolute atomic E-state index is 14.3. The number of hydrogen-bond acceptors (Lipinski definition) is 2. The zero-order valence-electron chi connectivity index (χ0n) is 18.0. The van der Waals surface area contributed by atoms with Crippen LogP contribution in [-0.4, -0.2) is 21.1 Å². The summed E-state index contributed by atoms with van der Waals surface area (Å²) in [6, 6.07) is 13.7. The Morgan fingerprint density at radius 3 is 2.33 bits per heavy atom. The van der Waals surface area contributed by atoms with Crippen LogP contribution >= 0.6 is 58.0 Å². The van der Waals surface area contributed by atoms with Crippen molar-refractivity contribution in [3.8, 4) is 0 Å². The third-order valence-electron chi connectivity index (χ3n) is 5.93. The molecule has 0 radical (unpaired) electrons. The number of halogens is 6. The number of alkyl halides is 2. The molecule has 3 aromatic carbocycles. The second-order valence-corrected chi connectivity index (χ2v) is 11.1. The number of aromatic amines is 1. The topological polar surface area (TPSA) is 74.0 Å². The fraction of sp³-hybridized carbons (Fsp3) is 0.120. The predicted molar refractivity (Wildman–Crippen MR) is 143 cm³/mol. The molecule has 3 N–H and O–H groups in total. The van der Waals surface area contributed by atoms with Crippen LogP contribution in [0.15, 0.2) is 60.8 Å². The third-order valence-corrected chi connectivity index (χ3v) is 7.64. The van der Waals surface area contributed by atoms with E-state index in [1.54, 1.807) is 42.6 Å². The zero-order chi connectivity index (χ0) is 25.8. The van der Waals surface area contributed by atoms with Gasteiger partial charge in [-0.3, -0.25) is 9.59 Å². The normalized spacial score (nSPS) is 18.2. The highest BCUT2D eigenvalue weighted by Crippen LogP contribution is 2.65. The third kappa shape index (κ3) is 4.76. The number of carbonyl (C=O) groups excluding carboxylic acids is 2. The highest BCUT2D eigenvalue weighted by molar-refractivity contribution is 6.53. The molecule has 0 bridgehead atoms. The SMILES string of the molecule is O=C(Nc1cc(F)c2cc[nH]c2c1)c1cc(NC(=O)C2C(c3cc(Cl)cc(Cl)c3)C2(Cl)Cl)ccc1Cl. The molecule has 0 spiro atoms. The molecule has 2 unspecified atom stereocenters. The first-order chi connectivity index (χ1) is 17.0. The molecular formula is C25H15Cl5FN3O2. The highest BCUT2D eigenvalue weighted by atomic mass is 35.5. The van der Waals surface area contributed by atoms with Crippen LogP contribution in [0.2, 0.25) is 15.1 Å². The summed E-state index contributed by atoms with van der Waals surface area (Å²) in [4.78, 5) is 28.8. The molecule has 1 fully saturated rings. The van der Waals surface area contributed by atoms with Gasteiger partial charge in [0.05, 0.1) is 22.0 Å². The summed E-state index contributed by atoms with van der Waals surface area (Å²) in [5.41, 5.74) is 1.80. The lowest BCUT2D eigenvalue weighted by atomic mass is 10.1. The van der Waals surface area contributed by atoms with Gasteiger partial charge >= 0.3 is 0 Å². The largest absolute Gasteiger partial charge is 0.361 e. The van der Waals surface area contributed by atoms with Crippen LogP contribution in [0, 0.1) is 11.7 Å². The number of carbonyl (C=O) groups is 2. The van der Waals surface area contributed by atoms with Crippen molar-refractivity contribution in [2.75, 3.05) is 10.6 Å². The minimum absolute atomic E-state index is 0.0819. The number of nitrogens with one attached hydrogen (secondary N) is 3. The van der Waals surface area contributed by atoms with E-state index in [0.29, 0.717) is 32.2 Å². The molecule has 2 amide bonds. The zero-order valence-corrected chi connectivity index (χ0v) is 21.8. The maximum atomic E-state index is 14.3. The van der Waals surface area contributed by atoms with E-state index in [2.05, 4.69) is 15.6 Å². The number of benzene rings is 3. The van der Waals surface area contributed by atoms with Gasteiger partial charge in [-0.25, -0.2) is 4.39 Å². The van der Waals surface area contributed by atoms with Gasteiger partial charge in [-0.2, -0.15) is 0 Å². The Morgan fingerprint density at radius 1 is 0.889 bits per heavy atom. The van der Waals surface area contributed by atoms with E-state index < -0.39 is 33.8 Å². The minimum Gasteiger partial charge on any atom is -0.361 e. The van der Waals surface area contributed by atoms with E-state index in [9.17, 15) is 14.0 Å². The van der Waals surface area contributed by atoms with E-state index in [0.717, 1.165) is 0 Å². The Hall–Kier alpha value is -2.48. The van der Waals surface area contributed by atoms with Gasteiger partial charge in [0.15, 0.2) is 0 Å². The molecule has 0 saturated heterocycles. The Labute approximate surface area is 229 Å². The first kappa shape index (κ1) is 25.2. The maximum Gasteiger partial charge on any atom is 0.257 e. The monoisotopic (exact) mass is 583 g/mol. The molecule has 5 nitrogen and oxygen atoms in total. The molecule has 36 heavy (non-hydrogen) atoms. The van der Waals surface area contributed by atoms with Gasteiger partial charge in [0.1, 0.15) is 10.2 Å². The first-order valence-corrected chi connectivity index (χ1v) is 12.5. The van der Waals surface area contributed by atoms with Crippen molar-refractivity contribution >= 4 is 92.1 Å². The number of fused-ring (bicyclic) bond motifs is 1. The van der Waals surface area contributed by atoms with Gasteiger partial charge in [0.25, 0.3) is 5.91 Å². The fourth-order valence-electron chi connectivity index (χ4n) is 4.21. The molecule has 4 aromatic rings. The van der Waals surface area contributed by atoms with Crippen LogP contribution in [-0.2, 0) is 4.79 Å². The van der Waals surface area contributed by atoms with Gasteiger partial charge in [-0.1, -0.05) is 34.8 Å². The highest BCUT2D eigenvalue weighted by Gasteiger charge is 2.67. The quantitative estimate of drug-likeness (QED) is 0.207. The number of hydrogen-bond donors (Lipinski definition) is 3. The molecule has 1 heterocycles. The van der Waals surface area contributed by atoms with Crippen LogP contribution < -0.4 is 10.6 Å². The predicted octanol–water partition coefficient (Wildman–Crippen LogP) is 8.05. The van der Waals surface area contributed by atoms with Gasteiger partial charge in [0.2, 0.25) is 5.91 Å². The molecule has 1 aliphatic rings. The summed E-state index contributed by atoms with van der Waals surface area (Å²) < 4.78 is 12.9. The smallest absolute Gasteiger partial charge is 0.257 e. The Kier molecular flexibility index (Phi) is 6.60. The van der Waals surface area contributed by atoms with Crippen molar-refractivity contribution < 1.29 is 14.0 Å². The van der Waals surface area contributed by atoms with Crippen LogP contribution in [0.3, 0.4) is 0 Å². The van der Waals surface area contributed by atoms with E-state index in [4.69, 9.17) is 58.0 Å². The van der Waals surface area contributed by atoms with Crippen LogP contribution in [0.25, 0.3) is 10.9 Å². The molecule has 0 aliphatic heterocycles. The van der Waals surface area contributed by atoms with Crippen molar-refractivity contribution in [1.82, 2.24) is 4.98 Å². The number of anilines is 2. The van der Waals surface area contributed by atoms with E-state index in [1.807, 2.05) is 0 Å². The van der Waals surface area contributed by atoms with Crippen molar-refractivity contribution in [3.63, 3.8) is 0 Å². The molecule has 11 heteroatoms. The first-order valence-electron chi connectivity index (χ1n) is 10.6. The van der Waals surface area contributed by atoms with Crippen LogP contribution in [0.4, 0.5) is 15.8 Å². The van der Waals surface area contributed by atoms with Gasteiger partial charge < -0.3 is 15.6 Å². The van der Waals surface area contributed by atoms with Gasteiger partial charge in [0, 0.05) is 38.9 Å². The lowest BCUT2D eigenvalue weighted by molar-refractivity contribution is -0.117. The molecule has 2 atom stereocenters. The summed E-state index contributed by atoms with van der Waals surface area (Å²) >= 11 is 31.2. The molecule has 1 aliphatic carbocycles. The second kappa shape index (κ2) is 9.43. The summed E-state index contributed by atoms with van der Waals surface area (Å²) in [6.45, 7) is 0. The molecule has 5 rings (SSSR count). The van der Waals surface area contributed by atoms with Gasteiger partial charge in [-0.05, 0) is 60.2 Å². The van der Waals surface area contributed by atoms with Crippen molar-refractivity contribution in [1.29, 1.82) is 0 Å². The molecule has 1 saturated carbocycles.